The lowest BCUT2D eigenvalue weighted by Gasteiger charge is -2.30. The molecule has 2 aliphatic heterocycles. The zero-order valence-electron chi connectivity index (χ0n) is 22.9. The Morgan fingerprint density at radius 1 is 1.16 bits per heavy atom. The standard InChI is InChI=1S/C27H41N3O8/c1-5-6-9-29(10-7-12-31)24(33)16-30-15-20(19-13-22(36-4)26-23(14-19)37-17-38-26)25(27(34)35)21(30)8-11-28(3)18(2)32/h13-14,20-21,25,31H,5-12,15-17H2,1-4H3,(H,34,35)/t20-,21+,25-/m1/s1. The van der Waals surface area contributed by atoms with E-state index in [1.807, 2.05) is 4.90 Å². The fraction of sp³-hybridized carbons (Fsp3) is 0.667. The third-order valence-corrected chi connectivity index (χ3v) is 7.50. The van der Waals surface area contributed by atoms with Gasteiger partial charge in [0.2, 0.25) is 24.4 Å². The first-order valence-electron chi connectivity index (χ1n) is 13.3. The average Bonchev–Trinajstić information content (AvgIpc) is 3.51. The Labute approximate surface area is 224 Å². The van der Waals surface area contributed by atoms with Gasteiger partial charge in [0.15, 0.2) is 11.5 Å². The van der Waals surface area contributed by atoms with Crippen molar-refractivity contribution < 1.29 is 38.8 Å². The Balaban J connectivity index is 1.92. The summed E-state index contributed by atoms with van der Waals surface area (Å²) in [4.78, 5) is 43.2. The van der Waals surface area contributed by atoms with E-state index >= 15 is 0 Å². The number of nitrogens with zero attached hydrogens (tertiary/aromatic N) is 3. The number of carbonyl (C=O) groups is 3. The van der Waals surface area contributed by atoms with Crippen LogP contribution < -0.4 is 14.2 Å². The Morgan fingerprint density at radius 2 is 1.89 bits per heavy atom. The number of unbranched alkanes of at least 4 members (excludes halogenated alkanes) is 1. The van der Waals surface area contributed by atoms with E-state index in [0.29, 0.717) is 56.3 Å². The molecular weight excluding hydrogens is 494 g/mol. The van der Waals surface area contributed by atoms with Crippen LogP contribution in [0.2, 0.25) is 0 Å². The number of amides is 2. The molecule has 1 saturated heterocycles. The van der Waals surface area contributed by atoms with Crippen LogP contribution in [0.4, 0.5) is 0 Å². The van der Waals surface area contributed by atoms with Crippen LogP contribution in [0.1, 0.15) is 51.0 Å². The number of fused-ring (bicyclic) bond motifs is 1. The SMILES string of the molecule is CCCCN(CCCO)C(=O)CN1C[C@H](c2cc(OC)c3c(c2)OCO3)[C@@H](C(=O)O)[C@@H]1CCN(C)C(C)=O. The molecule has 2 N–H and O–H groups in total. The van der Waals surface area contributed by atoms with Gasteiger partial charge in [0.05, 0.1) is 19.6 Å². The molecule has 212 valence electrons. The molecule has 0 aliphatic carbocycles. The molecule has 1 fully saturated rings. The maximum atomic E-state index is 13.4. The van der Waals surface area contributed by atoms with Gasteiger partial charge in [-0.2, -0.15) is 0 Å². The van der Waals surface area contributed by atoms with Crippen LogP contribution in [0.5, 0.6) is 17.2 Å². The first-order valence-corrected chi connectivity index (χ1v) is 13.3. The number of carboxylic acids is 1. The van der Waals surface area contributed by atoms with Gasteiger partial charge in [0.1, 0.15) is 0 Å². The summed E-state index contributed by atoms with van der Waals surface area (Å²) in [5.41, 5.74) is 0.737. The van der Waals surface area contributed by atoms with Crippen LogP contribution in [-0.4, -0.2) is 109 Å². The summed E-state index contributed by atoms with van der Waals surface area (Å²) < 4.78 is 16.6. The van der Waals surface area contributed by atoms with Gasteiger partial charge < -0.3 is 34.2 Å². The Bertz CT molecular complexity index is 979. The van der Waals surface area contributed by atoms with Crippen molar-refractivity contribution in [1.29, 1.82) is 0 Å². The number of carboxylic acid groups (broad SMARTS) is 1. The van der Waals surface area contributed by atoms with Gasteiger partial charge in [-0.25, -0.2) is 0 Å². The molecule has 0 radical (unpaired) electrons. The van der Waals surface area contributed by atoms with Crippen molar-refractivity contribution in [2.24, 2.45) is 5.92 Å². The van der Waals surface area contributed by atoms with Crippen molar-refractivity contribution in [3.05, 3.63) is 17.7 Å². The van der Waals surface area contributed by atoms with Gasteiger partial charge >= 0.3 is 5.97 Å². The van der Waals surface area contributed by atoms with E-state index < -0.39 is 23.8 Å². The number of hydrogen-bond donors (Lipinski definition) is 2. The smallest absolute Gasteiger partial charge is 0.308 e. The second-order valence-corrected chi connectivity index (χ2v) is 9.97. The number of hydrogen-bond acceptors (Lipinski definition) is 8. The molecule has 11 heteroatoms. The number of rotatable bonds is 14. The van der Waals surface area contributed by atoms with Gasteiger partial charge in [0.25, 0.3) is 0 Å². The summed E-state index contributed by atoms with van der Waals surface area (Å²) in [5.74, 6) is -0.942. The lowest BCUT2D eigenvalue weighted by atomic mass is 9.84. The van der Waals surface area contributed by atoms with Crippen molar-refractivity contribution >= 4 is 17.8 Å². The number of ether oxygens (including phenoxy) is 3. The predicted molar refractivity (Wildman–Crippen MR) is 139 cm³/mol. The molecule has 2 amide bonds. The number of aliphatic hydroxyl groups is 1. The molecule has 1 aromatic rings. The highest BCUT2D eigenvalue weighted by Crippen LogP contribution is 2.47. The minimum Gasteiger partial charge on any atom is -0.493 e. The normalized spacial score (nSPS) is 20.4. The third-order valence-electron chi connectivity index (χ3n) is 7.50. The fourth-order valence-electron chi connectivity index (χ4n) is 5.28. The zero-order chi connectivity index (χ0) is 27.8. The van der Waals surface area contributed by atoms with Crippen LogP contribution in [-0.2, 0) is 14.4 Å². The molecule has 11 nitrogen and oxygen atoms in total. The van der Waals surface area contributed by atoms with Crippen LogP contribution in [0, 0.1) is 5.92 Å². The maximum Gasteiger partial charge on any atom is 0.308 e. The van der Waals surface area contributed by atoms with Crippen LogP contribution in [0.25, 0.3) is 0 Å². The van der Waals surface area contributed by atoms with Gasteiger partial charge in [0, 0.05) is 58.7 Å². The molecule has 3 rings (SSSR count). The third kappa shape index (κ3) is 6.87. The van der Waals surface area contributed by atoms with Crippen LogP contribution in [0.3, 0.4) is 0 Å². The summed E-state index contributed by atoms with van der Waals surface area (Å²) in [7, 11) is 3.21. The lowest BCUT2D eigenvalue weighted by molar-refractivity contribution is -0.144. The van der Waals surface area contributed by atoms with E-state index in [1.54, 1.807) is 29.0 Å². The second-order valence-electron chi connectivity index (χ2n) is 9.97. The van der Waals surface area contributed by atoms with E-state index in [9.17, 15) is 24.6 Å². The topological polar surface area (TPSA) is 129 Å². The molecule has 0 unspecified atom stereocenters. The summed E-state index contributed by atoms with van der Waals surface area (Å²) in [6, 6.07) is 3.11. The molecular formula is C27H41N3O8. The molecule has 0 bridgehead atoms. The molecule has 3 atom stereocenters. The van der Waals surface area contributed by atoms with Gasteiger partial charge in [-0.3, -0.25) is 19.3 Å². The number of benzene rings is 1. The summed E-state index contributed by atoms with van der Waals surface area (Å²) in [5, 5.41) is 19.7. The second kappa shape index (κ2) is 13.7. The minimum absolute atomic E-state index is 0.00522. The molecule has 0 spiro atoms. The van der Waals surface area contributed by atoms with Crippen molar-refractivity contribution in [3.63, 3.8) is 0 Å². The number of carbonyl (C=O) groups excluding carboxylic acids is 2. The Kier molecular flexibility index (Phi) is 10.6. The van der Waals surface area contributed by atoms with E-state index in [4.69, 9.17) is 14.2 Å². The molecule has 0 saturated carbocycles. The Morgan fingerprint density at radius 3 is 2.53 bits per heavy atom. The maximum absolute atomic E-state index is 13.4. The van der Waals surface area contributed by atoms with Crippen LogP contribution >= 0.6 is 0 Å². The highest BCUT2D eigenvalue weighted by Gasteiger charge is 2.47. The summed E-state index contributed by atoms with van der Waals surface area (Å²) in [6.07, 6.45) is 2.67. The van der Waals surface area contributed by atoms with E-state index in [1.165, 1.54) is 14.0 Å². The minimum atomic E-state index is -0.958. The van der Waals surface area contributed by atoms with Crippen molar-refractivity contribution in [2.45, 2.75) is 51.5 Å². The Hall–Kier alpha value is -3.05. The molecule has 38 heavy (non-hydrogen) atoms. The summed E-state index contributed by atoms with van der Waals surface area (Å²) >= 11 is 0. The lowest BCUT2D eigenvalue weighted by Crippen LogP contribution is -2.45. The largest absolute Gasteiger partial charge is 0.493 e. The zero-order valence-corrected chi connectivity index (χ0v) is 22.9. The molecule has 0 aromatic heterocycles. The first-order chi connectivity index (χ1) is 18.2. The van der Waals surface area contributed by atoms with Gasteiger partial charge in [-0.15, -0.1) is 0 Å². The average molecular weight is 536 g/mol. The van der Waals surface area contributed by atoms with Gasteiger partial charge in [-0.05, 0) is 37.0 Å². The monoisotopic (exact) mass is 535 g/mol. The first kappa shape index (κ1) is 29.5. The van der Waals surface area contributed by atoms with Crippen molar-refractivity contribution in [1.82, 2.24) is 14.7 Å². The fourth-order valence-corrected chi connectivity index (χ4v) is 5.28. The van der Waals surface area contributed by atoms with Gasteiger partial charge in [-0.1, -0.05) is 13.3 Å². The highest BCUT2D eigenvalue weighted by molar-refractivity contribution is 5.79. The van der Waals surface area contributed by atoms with E-state index in [0.717, 1.165) is 18.4 Å². The number of methoxy groups -OCH3 is 1. The number of aliphatic hydroxyl groups excluding tert-OH is 1. The van der Waals surface area contributed by atoms with Crippen LogP contribution in [0.15, 0.2) is 12.1 Å². The molecule has 1 aromatic carbocycles. The molecule has 2 heterocycles. The number of aliphatic carboxylic acids is 1. The predicted octanol–water partition coefficient (Wildman–Crippen LogP) is 1.77. The quantitative estimate of drug-likeness (QED) is 0.366. The number of likely N-dealkylation sites (tertiary alicyclic amines) is 1. The van der Waals surface area contributed by atoms with Crippen molar-refractivity contribution in [2.75, 3.05) is 60.3 Å². The van der Waals surface area contributed by atoms with E-state index in [-0.39, 0.29) is 31.8 Å². The molecule has 2 aliphatic rings. The summed E-state index contributed by atoms with van der Waals surface area (Å²) in [6.45, 7) is 5.40. The van der Waals surface area contributed by atoms with Crippen molar-refractivity contribution in [3.8, 4) is 17.2 Å². The van der Waals surface area contributed by atoms with E-state index in [2.05, 4.69) is 6.92 Å². The highest BCUT2D eigenvalue weighted by atomic mass is 16.7.